The molecule has 106 valence electrons. The number of nitrogens with one attached hydrogen (secondary N) is 1. The van der Waals surface area contributed by atoms with Crippen LogP contribution in [0, 0.1) is 12.7 Å². The molecular weight excluding hydrogens is 341 g/mol. The second-order valence-electron chi connectivity index (χ2n) is 4.66. The number of halogens is 3. The zero-order valence-corrected chi connectivity index (χ0v) is 13.7. The van der Waals surface area contributed by atoms with Crippen LogP contribution in [0.1, 0.15) is 29.7 Å². The lowest BCUT2D eigenvalue weighted by atomic mass is 9.94. The minimum absolute atomic E-state index is 0.115. The Morgan fingerprint density at radius 3 is 2.60 bits per heavy atom. The van der Waals surface area contributed by atoms with Gasteiger partial charge in [0.05, 0.1) is 6.04 Å². The molecule has 0 saturated heterocycles. The molecule has 1 nitrogen and oxygen atoms in total. The maximum atomic E-state index is 13.6. The summed E-state index contributed by atoms with van der Waals surface area (Å²) in [4.78, 5) is 0. The molecule has 2 aromatic rings. The third-order valence-electron chi connectivity index (χ3n) is 3.23. The summed E-state index contributed by atoms with van der Waals surface area (Å²) in [5.41, 5.74) is 2.90. The van der Waals surface area contributed by atoms with E-state index < -0.39 is 0 Å². The fourth-order valence-electron chi connectivity index (χ4n) is 2.25. The molecule has 0 aromatic heterocycles. The normalized spacial score (nSPS) is 12.4. The molecule has 0 saturated carbocycles. The van der Waals surface area contributed by atoms with Crippen LogP contribution >= 0.6 is 27.5 Å². The molecule has 0 aliphatic carbocycles. The molecule has 0 fully saturated rings. The van der Waals surface area contributed by atoms with Crippen molar-refractivity contribution >= 4 is 27.5 Å². The Hall–Kier alpha value is -0.900. The van der Waals surface area contributed by atoms with Gasteiger partial charge in [-0.25, -0.2) is 4.39 Å². The van der Waals surface area contributed by atoms with Gasteiger partial charge in [0.25, 0.3) is 0 Å². The average molecular weight is 357 g/mol. The number of rotatable bonds is 4. The van der Waals surface area contributed by atoms with Gasteiger partial charge in [0, 0.05) is 9.50 Å². The van der Waals surface area contributed by atoms with Gasteiger partial charge in [0.1, 0.15) is 5.82 Å². The van der Waals surface area contributed by atoms with Crippen molar-refractivity contribution in [2.24, 2.45) is 0 Å². The van der Waals surface area contributed by atoms with Crippen LogP contribution in [0.15, 0.2) is 40.9 Å². The minimum atomic E-state index is -0.235. The molecule has 1 N–H and O–H groups in total. The third-order valence-corrected chi connectivity index (χ3v) is 4.05. The molecule has 0 spiro atoms. The van der Waals surface area contributed by atoms with E-state index in [1.54, 1.807) is 12.1 Å². The minimum Gasteiger partial charge on any atom is -0.306 e. The van der Waals surface area contributed by atoms with Crippen molar-refractivity contribution in [1.29, 1.82) is 0 Å². The van der Waals surface area contributed by atoms with E-state index in [-0.39, 0.29) is 11.9 Å². The van der Waals surface area contributed by atoms with E-state index in [4.69, 9.17) is 11.6 Å². The maximum Gasteiger partial charge on any atom is 0.123 e. The topological polar surface area (TPSA) is 12.0 Å². The van der Waals surface area contributed by atoms with Gasteiger partial charge in [-0.1, -0.05) is 46.6 Å². The average Bonchev–Trinajstić information content (AvgIpc) is 2.40. The van der Waals surface area contributed by atoms with Crippen LogP contribution in [0.5, 0.6) is 0 Å². The Labute approximate surface area is 132 Å². The Morgan fingerprint density at radius 2 is 1.95 bits per heavy atom. The highest BCUT2D eigenvalue weighted by Gasteiger charge is 2.18. The molecule has 0 bridgehead atoms. The largest absolute Gasteiger partial charge is 0.306 e. The highest BCUT2D eigenvalue weighted by molar-refractivity contribution is 9.10. The first-order chi connectivity index (χ1) is 9.52. The summed E-state index contributed by atoms with van der Waals surface area (Å²) in [7, 11) is 0. The van der Waals surface area contributed by atoms with Crippen LogP contribution in [0.25, 0.3) is 0 Å². The standard InChI is InChI=1S/C16H16BrClFN/c1-3-20-16(13-7-5-11(17)8-15(13)18)14-9-12(19)6-4-10(14)2/h4-9,16,20H,3H2,1-2H3. The SMILES string of the molecule is CCNC(c1cc(F)ccc1C)c1ccc(Br)cc1Cl. The number of hydrogen-bond donors (Lipinski definition) is 1. The van der Waals surface area contributed by atoms with Gasteiger partial charge in [-0.3, -0.25) is 0 Å². The predicted molar refractivity (Wildman–Crippen MR) is 85.8 cm³/mol. The summed E-state index contributed by atoms with van der Waals surface area (Å²) in [6.07, 6.45) is 0. The molecule has 4 heteroatoms. The quantitative estimate of drug-likeness (QED) is 0.789. The van der Waals surface area contributed by atoms with E-state index in [1.165, 1.54) is 6.07 Å². The van der Waals surface area contributed by atoms with Crippen LogP contribution in [0.3, 0.4) is 0 Å². The summed E-state index contributed by atoms with van der Waals surface area (Å²) in [6.45, 7) is 4.77. The number of hydrogen-bond acceptors (Lipinski definition) is 1. The maximum absolute atomic E-state index is 13.6. The van der Waals surface area contributed by atoms with Gasteiger partial charge in [-0.15, -0.1) is 0 Å². The zero-order chi connectivity index (χ0) is 14.7. The summed E-state index contributed by atoms with van der Waals surface area (Å²) in [6, 6.07) is 10.5. The molecule has 1 atom stereocenters. The van der Waals surface area contributed by atoms with Gasteiger partial charge in [0.2, 0.25) is 0 Å². The van der Waals surface area contributed by atoms with Crippen molar-refractivity contribution in [3.05, 3.63) is 68.4 Å². The highest BCUT2D eigenvalue weighted by atomic mass is 79.9. The second-order valence-corrected chi connectivity index (χ2v) is 5.98. The number of aryl methyl sites for hydroxylation is 1. The lowest BCUT2D eigenvalue weighted by Crippen LogP contribution is -2.23. The Bertz CT molecular complexity index is 615. The van der Waals surface area contributed by atoms with Crippen molar-refractivity contribution < 1.29 is 4.39 Å². The first-order valence-corrected chi connectivity index (χ1v) is 7.64. The van der Waals surface area contributed by atoms with Gasteiger partial charge < -0.3 is 5.32 Å². The summed E-state index contributed by atoms with van der Waals surface area (Å²) in [5, 5.41) is 4.04. The molecule has 0 aliphatic heterocycles. The van der Waals surface area contributed by atoms with Crippen molar-refractivity contribution in [2.75, 3.05) is 6.54 Å². The van der Waals surface area contributed by atoms with Gasteiger partial charge in [-0.2, -0.15) is 0 Å². The molecule has 1 unspecified atom stereocenters. The fourth-order valence-corrected chi connectivity index (χ4v) is 3.03. The van der Waals surface area contributed by atoms with Gasteiger partial charge in [0.15, 0.2) is 0 Å². The molecule has 0 amide bonds. The molecule has 0 heterocycles. The number of benzene rings is 2. The van der Waals surface area contributed by atoms with E-state index in [9.17, 15) is 4.39 Å². The van der Waals surface area contributed by atoms with Crippen LogP contribution in [0.2, 0.25) is 5.02 Å². The molecule has 2 aromatic carbocycles. The van der Waals surface area contributed by atoms with Gasteiger partial charge >= 0.3 is 0 Å². The molecule has 20 heavy (non-hydrogen) atoms. The molecule has 0 radical (unpaired) electrons. The summed E-state index contributed by atoms with van der Waals surface area (Å²) >= 11 is 9.74. The van der Waals surface area contributed by atoms with Crippen molar-refractivity contribution in [3.63, 3.8) is 0 Å². The lowest BCUT2D eigenvalue weighted by Gasteiger charge is -2.22. The van der Waals surface area contributed by atoms with E-state index in [0.29, 0.717) is 5.02 Å². The van der Waals surface area contributed by atoms with E-state index >= 15 is 0 Å². The van der Waals surface area contributed by atoms with Crippen molar-refractivity contribution in [3.8, 4) is 0 Å². The first kappa shape index (κ1) is 15.5. The summed E-state index contributed by atoms with van der Waals surface area (Å²) < 4.78 is 14.5. The molecule has 0 aliphatic rings. The van der Waals surface area contributed by atoms with Gasteiger partial charge in [-0.05, 0) is 54.4 Å². The van der Waals surface area contributed by atoms with Crippen LogP contribution in [0.4, 0.5) is 4.39 Å². The molecule has 2 rings (SSSR count). The van der Waals surface area contributed by atoms with Crippen LogP contribution < -0.4 is 5.32 Å². The summed E-state index contributed by atoms with van der Waals surface area (Å²) in [5.74, 6) is -0.235. The van der Waals surface area contributed by atoms with Crippen LogP contribution in [-0.2, 0) is 0 Å². The van der Waals surface area contributed by atoms with Crippen molar-refractivity contribution in [1.82, 2.24) is 5.32 Å². The fraction of sp³-hybridized carbons (Fsp3) is 0.250. The van der Waals surface area contributed by atoms with Crippen molar-refractivity contribution in [2.45, 2.75) is 19.9 Å². The monoisotopic (exact) mass is 355 g/mol. The first-order valence-electron chi connectivity index (χ1n) is 6.47. The predicted octanol–water partition coefficient (Wildman–Crippen LogP) is 5.25. The smallest absolute Gasteiger partial charge is 0.123 e. The zero-order valence-electron chi connectivity index (χ0n) is 11.4. The van der Waals surface area contributed by atoms with E-state index in [2.05, 4.69) is 21.2 Å². The third kappa shape index (κ3) is 3.40. The molecular formula is C16H16BrClFN. The Balaban J connectivity index is 2.53. The van der Waals surface area contributed by atoms with Crippen LogP contribution in [-0.4, -0.2) is 6.54 Å². The lowest BCUT2D eigenvalue weighted by molar-refractivity contribution is 0.600. The highest BCUT2D eigenvalue weighted by Crippen LogP contribution is 2.32. The Morgan fingerprint density at radius 1 is 1.20 bits per heavy atom. The van der Waals surface area contributed by atoms with E-state index in [1.807, 2.05) is 32.0 Å². The second kappa shape index (κ2) is 6.70. The van der Waals surface area contributed by atoms with E-state index in [0.717, 1.165) is 27.7 Å². The Kier molecular flexibility index (Phi) is 5.19.